The number of likely N-dealkylation sites (tertiary alicyclic amines) is 1. The van der Waals surface area contributed by atoms with Crippen LogP contribution < -0.4 is 5.32 Å². The lowest BCUT2D eigenvalue weighted by atomic mass is 10.00. The van der Waals surface area contributed by atoms with E-state index in [-0.39, 0.29) is 11.9 Å². The minimum absolute atomic E-state index is 0.00470. The normalized spacial score (nSPS) is 18.0. The molecule has 1 aromatic rings. The molecule has 0 spiro atoms. The molecule has 0 bridgehead atoms. The Morgan fingerprint density at radius 1 is 1.32 bits per heavy atom. The van der Waals surface area contributed by atoms with Crippen LogP contribution in [0.5, 0.6) is 0 Å². The number of alkyl carbamates (subject to hydrolysis) is 1. The van der Waals surface area contributed by atoms with Crippen molar-refractivity contribution in [3.63, 3.8) is 0 Å². The number of nitrogens with one attached hydrogen (secondary N) is 1. The molecule has 138 valence electrons. The van der Waals surface area contributed by atoms with E-state index in [1.54, 1.807) is 0 Å². The third-order valence-electron chi connectivity index (χ3n) is 4.19. The average Bonchev–Trinajstić information content (AvgIpc) is 2.53. The Hall–Kier alpha value is -1.31. The first-order valence-corrected chi connectivity index (χ1v) is 9.80. The van der Waals surface area contributed by atoms with Crippen molar-refractivity contribution in [2.75, 3.05) is 13.1 Å². The van der Waals surface area contributed by atoms with E-state index in [2.05, 4.69) is 27.9 Å². The Kier molecular flexibility index (Phi) is 6.71. The zero-order valence-corrected chi connectivity index (χ0v) is 17.6. The van der Waals surface area contributed by atoms with Crippen LogP contribution in [0.25, 0.3) is 0 Å². The Labute approximate surface area is 163 Å². The van der Waals surface area contributed by atoms with Crippen molar-refractivity contribution in [1.82, 2.24) is 10.2 Å². The molecule has 0 saturated carbocycles. The van der Waals surface area contributed by atoms with Gasteiger partial charge in [-0.3, -0.25) is 4.79 Å². The third-order valence-corrected chi connectivity index (χ3v) is 5.62. The number of ether oxygens (including phenoxy) is 1. The maximum absolute atomic E-state index is 13.0. The van der Waals surface area contributed by atoms with Gasteiger partial charge in [-0.2, -0.15) is 0 Å². The summed E-state index contributed by atoms with van der Waals surface area (Å²) in [6, 6.07) is 5.81. The SMILES string of the molecule is Cc1cccc(C(=O)N2CCCCC2CNC(=O)OC(C)(C)C)c1I. The van der Waals surface area contributed by atoms with Crippen LogP contribution in [0.15, 0.2) is 18.2 Å². The highest BCUT2D eigenvalue weighted by molar-refractivity contribution is 14.1. The topological polar surface area (TPSA) is 58.6 Å². The van der Waals surface area contributed by atoms with E-state index in [0.717, 1.165) is 40.5 Å². The monoisotopic (exact) mass is 458 g/mol. The number of amides is 2. The van der Waals surface area contributed by atoms with Crippen molar-refractivity contribution in [3.05, 3.63) is 32.9 Å². The van der Waals surface area contributed by atoms with E-state index in [1.807, 2.05) is 50.8 Å². The van der Waals surface area contributed by atoms with Crippen LogP contribution in [-0.4, -0.2) is 41.6 Å². The van der Waals surface area contributed by atoms with Gasteiger partial charge >= 0.3 is 6.09 Å². The molecule has 1 aromatic carbocycles. The standard InChI is InChI=1S/C19H27IN2O3/c1-13-8-7-10-15(16(13)20)17(23)22-11-6-5-9-14(22)12-21-18(24)25-19(2,3)4/h7-8,10,14H,5-6,9,11-12H2,1-4H3,(H,21,24). The summed E-state index contributed by atoms with van der Waals surface area (Å²) in [6.45, 7) is 8.66. The molecule has 1 saturated heterocycles. The predicted octanol–water partition coefficient (Wildman–Crippen LogP) is 4.12. The lowest BCUT2D eigenvalue weighted by Gasteiger charge is -2.36. The van der Waals surface area contributed by atoms with Crippen molar-refractivity contribution in [1.29, 1.82) is 0 Å². The van der Waals surface area contributed by atoms with Crippen molar-refractivity contribution in [3.8, 4) is 0 Å². The van der Waals surface area contributed by atoms with E-state index in [0.29, 0.717) is 6.54 Å². The fraction of sp³-hybridized carbons (Fsp3) is 0.579. The second-order valence-corrected chi connectivity index (χ2v) is 8.55. The molecule has 2 amide bonds. The van der Waals surface area contributed by atoms with Gasteiger partial charge < -0.3 is 15.0 Å². The Morgan fingerprint density at radius 3 is 2.72 bits per heavy atom. The first-order valence-electron chi connectivity index (χ1n) is 8.72. The predicted molar refractivity (Wildman–Crippen MR) is 107 cm³/mol. The summed E-state index contributed by atoms with van der Waals surface area (Å²) in [5.74, 6) is 0.0452. The minimum atomic E-state index is -0.524. The number of halogens is 1. The van der Waals surface area contributed by atoms with E-state index in [1.165, 1.54) is 0 Å². The van der Waals surface area contributed by atoms with Gasteiger partial charge in [0, 0.05) is 22.7 Å². The van der Waals surface area contributed by atoms with Crippen LogP contribution in [0, 0.1) is 10.5 Å². The molecule has 1 heterocycles. The molecule has 0 aromatic heterocycles. The van der Waals surface area contributed by atoms with Gasteiger partial charge in [0.05, 0.1) is 5.56 Å². The molecule has 1 aliphatic heterocycles. The molecule has 1 N–H and O–H groups in total. The molecule has 5 nitrogen and oxygen atoms in total. The van der Waals surface area contributed by atoms with Crippen LogP contribution >= 0.6 is 22.6 Å². The smallest absolute Gasteiger partial charge is 0.407 e. The molecule has 25 heavy (non-hydrogen) atoms. The average molecular weight is 458 g/mol. The van der Waals surface area contributed by atoms with E-state index >= 15 is 0 Å². The van der Waals surface area contributed by atoms with Crippen LogP contribution in [0.4, 0.5) is 4.79 Å². The third kappa shape index (κ3) is 5.59. The largest absolute Gasteiger partial charge is 0.444 e. The maximum atomic E-state index is 13.0. The summed E-state index contributed by atoms with van der Waals surface area (Å²) in [5, 5.41) is 2.81. The van der Waals surface area contributed by atoms with Crippen molar-refractivity contribution in [2.24, 2.45) is 0 Å². The lowest BCUT2D eigenvalue weighted by Crippen LogP contribution is -2.50. The number of carbonyl (C=O) groups is 2. The summed E-state index contributed by atoms with van der Waals surface area (Å²) in [4.78, 5) is 26.8. The van der Waals surface area contributed by atoms with Crippen LogP contribution in [0.1, 0.15) is 56.0 Å². The maximum Gasteiger partial charge on any atom is 0.407 e. The Bertz CT molecular complexity index is 640. The second kappa shape index (κ2) is 8.38. The van der Waals surface area contributed by atoms with Crippen LogP contribution in [0.2, 0.25) is 0 Å². The van der Waals surface area contributed by atoms with Gasteiger partial charge in [-0.15, -0.1) is 0 Å². The van der Waals surface area contributed by atoms with Gasteiger partial charge in [-0.25, -0.2) is 4.79 Å². The first-order chi connectivity index (χ1) is 11.7. The van der Waals surface area contributed by atoms with Gasteiger partial charge in [0.25, 0.3) is 5.91 Å². The summed E-state index contributed by atoms with van der Waals surface area (Å²) in [7, 11) is 0. The highest BCUT2D eigenvalue weighted by Crippen LogP contribution is 2.23. The van der Waals surface area contributed by atoms with Crippen LogP contribution in [-0.2, 0) is 4.74 Å². The molecular formula is C19H27IN2O3. The summed E-state index contributed by atoms with van der Waals surface area (Å²) >= 11 is 2.23. The molecule has 1 atom stereocenters. The van der Waals surface area contributed by atoms with E-state index in [4.69, 9.17) is 4.74 Å². The number of rotatable bonds is 3. The molecule has 6 heteroatoms. The van der Waals surface area contributed by atoms with E-state index in [9.17, 15) is 9.59 Å². The fourth-order valence-electron chi connectivity index (χ4n) is 2.96. The van der Waals surface area contributed by atoms with E-state index < -0.39 is 11.7 Å². The molecule has 1 fully saturated rings. The number of nitrogens with zero attached hydrogens (tertiary/aromatic N) is 1. The molecule has 0 radical (unpaired) electrons. The summed E-state index contributed by atoms with van der Waals surface area (Å²) in [5.41, 5.74) is 1.32. The van der Waals surface area contributed by atoms with Crippen molar-refractivity contribution in [2.45, 2.75) is 58.6 Å². The minimum Gasteiger partial charge on any atom is -0.444 e. The quantitative estimate of drug-likeness (QED) is 0.694. The molecule has 1 unspecified atom stereocenters. The highest BCUT2D eigenvalue weighted by Gasteiger charge is 2.29. The van der Waals surface area contributed by atoms with Gasteiger partial charge in [-0.1, -0.05) is 12.1 Å². The number of piperidine rings is 1. The summed E-state index contributed by atoms with van der Waals surface area (Å²) < 4.78 is 6.28. The molecule has 1 aliphatic rings. The number of hydrogen-bond acceptors (Lipinski definition) is 3. The number of hydrogen-bond donors (Lipinski definition) is 1. The molecule has 0 aliphatic carbocycles. The van der Waals surface area contributed by atoms with Gasteiger partial charge in [0.2, 0.25) is 0 Å². The zero-order chi connectivity index (χ0) is 18.6. The summed E-state index contributed by atoms with van der Waals surface area (Å²) in [6.07, 6.45) is 2.52. The Morgan fingerprint density at radius 2 is 2.04 bits per heavy atom. The number of aryl methyl sites for hydroxylation is 1. The number of carbonyl (C=O) groups excluding carboxylic acids is 2. The van der Waals surface area contributed by atoms with Crippen LogP contribution in [0.3, 0.4) is 0 Å². The second-order valence-electron chi connectivity index (χ2n) is 7.47. The Balaban J connectivity index is 2.06. The van der Waals surface area contributed by atoms with Crippen molar-refractivity contribution < 1.29 is 14.3 Å². The number of benzene rings is 1. The first kappa shape index (κ1) is 20.0. The van der Waals surface area contributed by atoms with Crippen molar-refractivity contribution >= 4 is 34.6 Å². The zero-order valence-electron chi connectivity index (χ0n) is 15.4. The molecule has 2 rings (SSSR count). The fourth-order valence-corrected chi connectivity index (χ4v) is 3.55. The lowest BCUT2D eigenvalue weighted by molar-refractivity contribution is 0.0462. The van der Waals surface area contributed by atoms with Gasteiger partial charge in [-0.05, 0) is 81.2 Å². The van der Waals surface area contributed by atoms with Gasteiger partial charge in [0.1, 0.15) is 5.60 Å². The van der Waals surface area contributed by atoms with Gasteiger partial charge in [0.15, 0.2) is 0 Å². The highest BCUT2D eigenvalue weighted by atomic mass is 127. The molecular weight excluding hydrogens is 431 g/mol.